The molecule has 0 aromatic carbocycles. The van der Waals surface area contributed by atoms with Gasteiger partial charge in [-0.3, -0.25) is 0 Å². The van der Waals surface area contributed by atoms with Crippen LogP contribution in [0.5, 0.6) is 0 Å². The van der Waals surface area contributed by atoms with Gasteiger partial charge in [-0.15, -0.1) is 5.92 Å². The van der Waals surface area contributed by atoms with Crippen molar-refractivity contribution in [3.8, 4) is 12.0 Å². The Morgan fingerprint density at radius 3 is 2.33 bits per heavy atom. The molecule has 0 atom stereocenters. The average molecular weight is 134 g/mol. The topological polar surface area (TPSA) is 23.1 Å². The van der Waals surface area contributed by atoms with Crippen molar-refractivity contribution in [3.63, 3.8) is 0 Å². The van der Waals surface area contributed by atoms with Crippen LogP contribution in [0.4, 0.5) is 0 Å². The van der Waals surface area contributed by atoms with E-state index in [2.05, 4.69) is 12.8 Å². The minimum absolute atomic E-state index is 0. The first-order valence-corrected chi connectivity index (χ1v) is 2.51. The van der Waals surface area contributed by atoms with E-state index in [1.54, 1.807) is 6.11 Å². The molecule has 0 radical (unpaired) electrons. The van der Waals surface area contributed by atoms with Crippen LogP contribution in [-0.4, -0.2) is 8.41 Å². The van der Waals surface area contributed by atoms with Crippen LogP contribution in [0.15, 0.2) is 0 Å². The maximum Gasteiger partial charge on any atom is 1.00 e. The average Bonchev–Trinajstić information content (AvgIpc) is 1.69. The molecule has 9 heavy (non-hydrogen) atoms. The second-order valence-corrected chi connectivity index (χ2v) is 1.38. The summed E-state index contributed by atoms with van der Waals surface area (Å²) in [6.07, 6.45) is 4.54. The van der Waals surface area contributed by atoms with Crippen molar-refractivity contribution in [1.82, 2.24) is 0 Å². The predicted octanol–water partition coefficient (Wildman–Crippen LogP) is -3.68. The molecular weight excluding hydrogens is 122 g/mol. The largest absolute Gasteiger partial charge is 1.00 e. The van der Waals surface area contributed by atoms with Gasteiger partial charge in [0.2, 0.25) is 0 Å². The summed E-state index contributed by atoms with van der Waals surface area (Å²) in [6, 6.07) is 0. The normalized spacial score (nSPS) is 5.44. The van der Waals surface area contributed by atoms with Crippen molar-refractivity contribution in [1.29, 1.82) is 0 Å². The van der Waals surface area contributed by atoms with Crippen LogP contribution in [0.3, 0.4) is 0 Å². The van der Waals surface area contributed by atoms with Gasteiger partial charge in [-0.05, 0) is 6.42 Å². The third-order valence-corrected chi connectivity index (χ3v) is 0.727. The second kappa shape index (κ2) is 15.8. The zero-order valence-electron chi connectivity index (χ0n) is 5.53. The Balaban J connectivity index is -0.000000180. The van der Waals surface area contributed by atoms with Crippen LogP contribution < -0.4 is 34.7 Å². The molecule has 0 amide bonds. The number of hydrogen-bond acceptors (Lipinski definition) is 1. The molecular formula is C6H12BNaO. The van der Waals surface area contributed by atoms with E-state index in [0.29, 0.717) is 0 Å². The summed E-state index contributed by atoms with van der Waals surface area (Å²) < 4.78 is 0. The zero-order chi connectivity index (χ0) is 5.54. The molecule has 1 nitrogen and oxygen atoms in total. The summed E-state index contributed by atoms with van der Waals surface area (Å²) in [7, 11) is 0. The molecule has 0 heterocycles. The van der Waals surface area contributed by atoms with Gasteiger partial charge in [0.25, 0.3) is 0 Å². The smallest absolute Gasteiger partial charge is 0.833 e. The molecule has 0 saturated heterocycles. The first kappa shape index (κ1) is 16.2. The monoisotopic (exact) mass is 134 g/mol. The van der Waals surface area contributed by atoms with Crippen LogP contribution in [0, 0.1) is 12.0 Å². The fourth-order valence-electron chi connectivity index (χ4n) is 0.316. The van der Waals surface area contributed by atoms with Crippen molar-refractivity contribution in [2.24, 2.45) is 0 Å². The minimum atomic E-state index is 0. The van der Waals surface area contributed by atoms with Gasteiger partial charge in [0.1, 0.15) is 0 Å². The molecule has 0 aliphatic heterocycles. The van der Waals surface area contributed by atoms with E-state index in [9.17, 15) is 5.11 Å². The van der Waals surface area contributed by atoms with Crippen LogP contribution in [0.1, 0.15) is 26.2 Å². The van der Waals surface area contributed by atoms with Crippen LogP contribution in [0.2, 0.25) is 0 Å². The summed E-state index contributed by atoms with van der Waals surface area (Å²) in [5.41, 5.74) is 0. The van der Waals surface area contributed by atoms with Gasteiger partial charge in [0.05, 0.1) is 8.41 Å². The third-order valence-electron chi connectivity index (χ3n) is 0.727. The summed E-state index contributed by atoms with van der Waals surface area (Å²) in [5.74, 6) is 2.44. The molecule has 0 aromatic heterocycles. The Hall–Kier alpha value is 0.425. The van der Waals surface area contributed by atoms with Crippen molar-refractivity contribution in [3.05, 3.63) is 0 Å². The van der Waals surface area contributed by atoms with Crippen LogP contribution >= 0.6 is 0 Å². The Morgan fingerprint density at radius 2 is 2.00 bits per heavy atom. The van der Waals surface area contributed by atoms with E-state index >= 15 is 0 Å². The Morgan fingerprint density at radius 1 is 1.44 bits per heavy atom. The number of hydrogen-bond donors (Lipinski definition) is 0. The molecule has 0 fully saturated rings. The quantitative estimate of drug-likeness (QED) is 0.216. The third kappa shape index (κ3) is 17.8. The van der Waals surface area contributed by atoms with E-state index in [4.69, 9.17) is 0 Å². The maximum atomic E-state index is 9.44. The molecule has 0 saturated carbocycles. The van der Waals surface area contributed by atoms with Crippen molar-refractivity contribution < 1.29 is 34.7 Å². The van der Waals surface area contributed by atoms with Gasteiger partial charge in [-0.25, -0.2) is 0 Å². The minimum Gasteiger partial charge on any atom is -0.833 e. The molecule has 0 spiro atoms. The molecule has 0 aromatic rings. The van der Waals surface area contributed by atoms with Gasteiger partial charge in [-0.1, -0.05) is 13.3 Å². The van der Waals surface area contributed by atoms with Gasteiger partial charge in [0, 0.05) is 6.42 Å². The molecule has 0 rings (SSSR count). The fourth-order valence-corrected chi connectivity index (χ4v) is 0.316. The fraction of sp³-hybridized carbons (Fsp3) is 0.667. The molecule has 0 unspecified atom stereocenters. The zero-order valence-corrected chi connectivity index (χ0v) is 7.53. The molecule has 3 heteroatoms. The van der Waals surface area contributed by atoms with Crippen molar-refractivity contribution in [2.75, 3.05) is 0 Å². The Bertz CT molecular complexity index is 84.8. The predicted molar refractivity (Wildman–Crippen MR) is 37.2 cm³/mol. The summed E-state index contributed by atoms with van der Waals surface area (Å²) in [5, 5.41) is 9.44. The molecule has 0 aliphatic rings. The first-order chi connectivity index (χ1) is 3.41. The number of rotatable bonds is 2. The van der Waals surface area contributed by atoms with E-state index < -0.39 is 0 Å². The summed E-state index contributed by atoms with van der Waals surface area (Å²) >= 11 is 0. The van der Waals surface area contributed by atoms with E-state index in [1.165, 1.54) is 0 Å². The summed E-state index contributed by atoms with van der Waals surface area (Å²) in [6.45, 7) is 2.08. The Kier molecular flexibility index (Phi) is 28.4. The molecule has 0 aliphatic carbocycles. The van der Waals surface area contributed by atoms with Crippen molar-refractivity contribution in [2.45, 2.75) is 26.2 Å². The standard InChI is InChI=1S/C6H10O.BH3.Na/c1-2-3-4-5-6-7;;/h7H,2-4H2,1H3;1H3;/q;;+1/p-1. The molecule has 46 valence electrons. The van der Waals surface area contributed by atoms with Gasteiger partial charge < -0.3 is 5.11 Å². The maximum absolute atomic E-state index is 9.44. The summed E-state index contributed by atoms with van der Waals surface area (Å²) in [4.78, 5) is 0. The van der Waals surface area contributed by atoms with Crippen LogP contribution in [-0.2, 0) is 0 Å². The van der Waals surface area contributed by atoms with Gasteiger partial charge >= 0.3 is 29.6 Å². The van der Waals surface area contributed by atoms with E-state index in [-0.39, 0.29) is 38.0 Å². The second-order valence-electron chi connectivity index (χ2n) is 1.38. The molecule has 0 bridgehead atoms. The molecule has 0 N–H and O–H groups in total. The van der Waals surface area contributed by atoms with Crippen molar-refractivity contribution >= 4 is 8.41 Å². The van der Waals surface area contributed by atoms with E-state index in [0.717, 1.165) is 19.3 Å². The van der Waals surface area contributed by atoms with Gasteiger partial charge in [0.15, 0.2) is 0 Å². The van der Waals surface area contributed by atoms with Crippen LogP contribution in [0.25, 0.3) is 0 Å². The number of unbranched alkanes of at least 4 members (excludes halogenated alkanes) is 2. The van der Waals surface area contributed by atoms with Gasteiger partial charge in [-0.2, -0.15) is 6.11 Å². The van der Waals surface area contributed by atoms with E-state index in [1.807, 2.05) is 0 Å². The SMILES string of the molecule is B.CCCCC#C[O-].[Na+]. The first-order valence-electron chi connectivity index (χ1n) is 2.51. The Labute approximate surface area is 81.1 Å².